The summed E-state index contributed by atoms with van der Waals surface area (Å²) in [6, 6.07) is 0.752. The molecule has 0 unspecified atom stereocenters. The molecule has 2 N–H and O–H groups in total. The standard InChI is InChI=1S/C15H27N5O/c1-10(2)21-14-18-12(16)17-13(19-14)20(5)11-6-8-15(3,4)9-7-11/h10-11H,6-9H2,1-5H3,(H2,16,17,18,19). The fourth-order valence-corrected chi connectivity index (χ4v) is 2.72. The van der Waals surface area contributed by atoms with Crippen molar-refractivity contribution >= 4 is 11.9 Å². The third-order valence-electron chi connectivity index (χ3n) is 4.13. The minimum atomic E-state index is 0.0143. The largest absolute Gasteiger partial charge is 0.461 e. The predicted octanol–water partition coefficient (Wildman–Crippen LogP) is 2.65. The summed E-state index contributed by atoms with van der Waals surface area (Å²) in [6.07, 6.45) is 4.75. The number of nitrogen functional groups attached to an aromatic ring is 1. The molecule has 1 aromatic rings. The number of ether oxygens (including phenoxy) is 1. The lowest BCUT2D eigenvalue weighted by Gasteiger charge is -2.38. The molecule has 1 aromatic heterocycles. The van der Waals surface area contributed by atoms with Gasteiger partial charge >= 0.3 is 6.01 Å². The maximum atomic E-state index is 5.78. The number of nitrogens with zero attached hydrogens (tertiary/aromatic N) is 4. The first-order chi connectivity index (χ1) is 9.77. The molecule has 1 aliphatic carbocycles. The molecule has 1 saturated carbocycles. The van der Waals surface area contributed by atoms with Crippen molar-refractivity contribution in [3.05, 3.63) is 0 Å². The Morgan fingerprint density at radius 3 is 2.38 bits per heavy atom. The van der Waals surface area contributed by atoms with Gasteiger partial charge in [-0.05, 0) is 44.9 Å². The first-order valence-electron chi connectivity index (χ1n) is 7.68. The summed E-state index contributed by atoms with van der Waals surface area (Å²) in [5.41, 5.74) is 6.22. The van der Waals surface area contributed by atoms with Crippen LogP contribution < -0.4 is 15.4 Å². The molecule has 21 heavy (non-hydrogen) atoms. The van der Waals surface area contributed by atoms with E-state index in [2.05, 4.69) is 33.7 Å². The average Bonchev–Trinajstić information content (AvgIpc) is 2.36. The zero-order valence-electron chi connectivity index (χ0n) is 13.8. The van der Waals surface area contributed by atoms with E-state index in [1.165, 1.54) is 12.8 Å². The van der Waals surface area contributed by atoms with Crippen molar-refractivity contribution in [1.29, 1.82) is 0 Å². The van der Waals surface area contributed by atoms with E-state index in [0.29, 0.717) is 23.4 Å². The Bertz CT molecular complexity index is 479. The van der Waals surface area contributed by atoms with Gasteiger partial charge in [-0.3, -0.25) is 0 Å². The van der Waals surface area contributed by atoms with Crippen LogP contribution in [0.2, 0.25) is 0 Å². The first-order valence-corrected chi connectivity index (χ1v) is 7.68. The van der Waals surface area contributed by atoms with Crippen molar-refractivity contribution < 1.29 is 4.74 Å². The van der Waals surface area contributed by atoms with E-state index in [4.69, 9.17) is 10.5 Å². The number of rotatable bonds is 4. The van der Waals surface area contributed by atoms with E-state index in [1.54, 1.807) is 0 Å². The van der Waals surface area contributed by atoms with Crippen LogP contribution in [0.5, 0.6) is 6.01 Å². The molecule has 0 spiro atoms. The van der Waals surface area contributed by atoms with E-state index in [1.807, 2.05) is 20.9 Å². The Hall–Kier alpha value is -1.59. The highest BCUT2D eigenvalue weighted by atomic mass is 16.5. The van der Waals surface area contributed by atoms with Gasteiger partial charge in [-0.1, -0.05) is 13.8 Å². The molecule has 1 fully saturated rings. The predicted molar refractivity (Wildman–Crippen MR) is 84.4 cm³/mol. The third kappa shape index (κ3) is 4.19. The highest BCUT2D eigenvalue weighted by Gasteiger charge is 2.30. The van der Waals surface area contributed by atoms with Gasteiger partial charge in [-0.15, -0.1) is 0 Å². The zero-order chi connectivity index (χ0) is 15.6. The molecule has 6 heteroatoms. The lowest BCUT2D eigenvalue weighted by atomic mass is 9.75. The van der Waals surface area contributed by atoms with Gasteiger partial charge in [-0.2, -0.15) is 15.0 Å². The second-order valence-corrected chi connectivity index (χ2v) is 6.95. The van der Waals surface area contributed by atoms with Gasteiger partial charge in [0, 0.05) is 13.1 Å². The lowest BCUT2D eigenvalue weighted by Crippen LogP contribution is -2.38. The van der Waals surface area contributed by atoms with Crippen LogP contribution in [0.1, 0.15) is 53.4 Å². The Morgan fingerprint density at radius 1 is 1.19 bits per heavy atom. The quantitative estimate of drug-likeness (QED) is 0.919. The van der Waals surface area contributed by atoms with Gasteiger partial charge in [0.05, 0.1) is 6.10 Å². The topological polar surface area (TPSA) is 77.2 Å². The third-order valence-corrected chi connectivity index (χ3v) is 4.13. The van der Waals surface area contributed by atoms with Crippen molar-refractivity contribution in [3.8, 4) is 6.01 Å². The van der Waals surface area contributed by atoms with E-state index < -0.39 is 0 Å². The van der Waals surface area contributed by atoms with E-state index in [-0.39, 0.29) is 12.1 Å². The summed E-state index contributed by atoms with van der Waals surface area (Å²) in [7, 11) is 2.02. The van der Waals surface area contributed by atoms with Crippen LogP contribution in [0, 0.1) is 5.41 Å². The molecular weight excluding hydrogens is 266 g/mol. The molecule has 0 atom stereocenters. The fourth-order valence-electron chi connectivity index (χ4n) is 2.72. The molecule has 0 bridgehead atoms. The number of aromatic nitrogens is 3. The van der Waals surface area contributed by atoms with Crippen molar-refractivity contribution in [1.82, 2.24) is 15.0 Å². The molecule has 2 rings (SSSR count). The van der Waals surface area contributed by atoms with E-state index in [9.17, 15) is 0 Å². The molecule has 1 aliphatic rings. The molecular formula is C15H27N5O. The van der Waals surface area contributed by atoms with Gasteiger partial charge < -0.3 is 15.4 Å². The number of hydrogen-bond acceptors (Lipinski definition) is 6. The Morgan fingerprint density at radius 2 is 1.81 bits per heavy atom. The fraction of sp³-hybridized carbons (Fsp3) is 0.800. The second-order valence-electron chi connectivity index (χ2n) is 6.95. The molecule has 1 heterocycles. The summed E-state index contributed by atoms with van der Waals surface area (Å²) in [5, 5.41) is 0. The van der Waals surface area contributed by atoms with Gasteiger partial charge in [-0.25, -0.2) is 0 Å². The molecule has 6 nitrogen and oxygen atoms in total. The summed E-state index contributed by atoms with van der Waals surface area (Å²) in [4.78, 5) is 14.8. The van der Waals surface area contributed by atoms with Crippen LogP contribution in [0.15, 0.2) is 0 Å². The summed E-state index contributed by atoms with van der Waals surface area (Å²) in [6.45, 7) is 8.54. The Kier molecular flexibility index (Phi) is 4.54. The first kappa shape index (κ1) is 15.8. The Balaban J connectivity index is 2.12. The maximum Gasteiger partial charge on any atom is 0.323 e. The van der Waals surface area contributed by atoms with Gasteiger partial charge in [0.1, 0.15) is 0 Å². The highest BCUT2D eigenvalue weighted by Crippen LogP contribution is 2.37. The van der Waals surface area contributed by atoms with Crippen LogP contribution >= 0.6 is 0 Å². The minimum Gasteiger partial charge on any atom is -0.461 e. The molecule has 0 radical (unpaired) electrons. The average molecular weight is 293 g/mol. The van der Waals surface area contributed by atoms with Crippen LogP contribution in [0.3, 0.4) is 0 Å². The van der Waals surface area contributed by atoms with Gasteiger partial charge in [0.25, 0.3) is 0 Å². The Labute approximate surface area is 127 Å². The minimum absolute atomic E-state index is 0.0143. The smallest absolute Gasteiger partial charge is 0.323 e. The number of anilines is 2. The lowest BCUT2D eigenvalue weighted by molar-refractivity contribution is 0.217. The SMILES string of the molecule is CC(C)Oc1nc(N)nc(N(C)C2CCC(C)(C)CC2)n1. The second kappa shape index (κ2) is 6.03. The summed E-state index contributed by atoms with van der Waals surface area (Å²) >= 11 is 0. The highest BCUT2D eigenvalue weighted by molar-refractivity contribution is 5.36. The molecule has 0 saturated heterocycles. The normalized spacial score (nSPS) is 18.8. The van der Waals surface area contributed by atoms with Crippen molar-refractivity contribution in [2.75, 3.05) is 17.7 Å². The van der Waals surface area contributed by atoms with Crippen LogP contribution in [-0.4, -0.2) is 34.1 Å². The van der Waals surface area contributed by atoms with Crippen LogP contribution in [-0.2, 0) is 0 Å². The summed E-state index contributed by atoms with van der Waals surface area (Å²) in [5.74, 6) is 0.807. The number of hydrogen-bond donors (Lipinski definition) is 1. The van der Waals surface area contributed by atoms with Gasteiger partial charge in [0.15, 0.2) is 0 Å². The maximum absolute atomic E-state index is 5.78. The van der Waals surface area contributed by atoms with E-state index >= 15 is 0 Å². The number of nitrogens with two attached hydrogens (primary N) is 1. The molecule has 0 aromatic carbocycles. The molecule has 0 aliphatic heterocycles. The summed E-state index contributed by atoms with van der Waals surface area (Å²) < 4.78 is 5.54. The van der Waals surface area contributed by atoms with Crippen molar-refractivity contribution in [2.45, 2.75) is 65.5 Å². The van der Waals surface area contributed by atoms with E-state index in [0.717, 1.165) is 12.8 Å². The molecule has 118 valence electrons. The van der Waals surface area contributed by atoms with Crippen LogP contribution in [0.4, 0.5) is 11.9 Å². The van der Waals surface area contributed by atoms with Crippen molar-refractivity contribution in [2.24, 2.45) is 5.41 Å². The van der Waals surface area contributed by atoms with Crippen molar-refractivity contribution in [3.63, 3.8) is 0 Å². The monoisotopic (exact) mass is 293 g/mol. The molecule has 0 amide bonds. The van der Waals surface area contributed by atoms with Crippen LogP contribution in [0.25, 0.3) is 0 Å². The van der Waals surface area contributed by atoms with Gasteiger partial charge in [0.2, 0.25) is 11.9 Å². The zero-order valence-corrected chi connectivity index (χ0v) is 13.8.